The molecule has 3 aromatic rings. The number of aryl methyl sites for hydroxylation is 1. The maximum absolute atomic E-state index is 12.7. The number of carbonyl (C=O) groups excluding carboxylic acids is 3. The first-order chi connectivity index (χ1) is 17.5. The van der Waals surface area contributed by atoms with Crippen LogP contribution < -0.4 is 16.1 Å². The Kier molecular flexibility index (Phi) is 10.7. The second-order valence-corrected chi connectivity index (χ2v) is 8.69. The second-order valence-electron chi connectivity index (χ2n) is 8.69. The fourth-order valence-electron chi connectivity index (χ4n) is 4.01. The van der Waals surface area contributed by atoms with E-state index in [2.05, 4.69) is 47.0 Å². The molecule has 0 aromatic heterocycles. The number of carbonyl (C=O) groups is 3. The van der Waals surface area contributed by atoms with E-state index >= 15 is 0 Å². The minimum atomic E-state index is -0.641. The monoisotopic (exact) mass is 487 g/mol. The van der Waals surface area contributed by atoms with E-state index in [0.29, 0.717) is 25.8 Å². The van der Waals surface area contributed by atoms with E-state index < -0.39 is 11.8 Å². The van der Waals surface area contributed by atoms with E-state index in [4.69, 9.17) is 5.21 Å². The lowest BCUT2D eigenvalue weighted by atomic mass is 9.94. The molecule has 0 heterocycles. The van der Waals surface area contributed by atoms with Gasteiger partial charge >= 0.3 is 0 Å². The molecule has 1 atom stereocenters. The third-order valence-corrected chi connectivity index (χ3v) is 6.01. The van der Waals surface area contributed by atoms with Crippen molar-refractivity contribution in [3.05, 3.63) is 96.1 Å². The molecule has 3 aromatic carbocycles. The summed E-state index contributed by atoms with van der Waals surface area (Å²) in [6.45, 7) is 0.309. The molecule has 0 bridgehead atoms. The predicted octanol–water partition coefficient (Wildman–Crippen LogP) is 3.66. The van der Waals surface area contributed by atoms with Crippen molar-refractivity contribution in [3.8, 4) is 11.1 Å². The van der Waals surface area contributed by atoms with Gasteiger partial charge in [-0.25, -0.2) is 5.48 Å². The second kappa shape index (κ2) is 14.4. The van der Waals surface area contributed by atoms with Gasteiger partial charge in [-0.15, -0.1) is 0 Å². The van der Waals surface area contributed by atoms with Gasteiger partial charge in [0.1, 0.15) is 0 Å². The summed E-state index contributed by atoms with van der Waals surface area (Å²) < 4.78 is 0. The lowest BCUT2D eigenvalue weighted by molar-refractivity contribution is -0.135. The Hall–Kier alpha value is -3.97. The average molecular weight is 488 g/mol. The number of hydrogen-bond donors (Lipinski definition) is 4. The maximum Gasteiger partial charge on any atom is 0.244 e. The van der Waals surface area contributed by atoms with Crippen LogP contribution in [-0.4, -0.2) is 36.0 Å². The number of amides is 3. The predicted molar refractivity (Wildman–Crippen MR) is 139 cm³/mol. The van der Waals surface area contributed by atoms with Crippen LogP contribution in [0.5, 0.6) is 0 Å². The van der Waals surface area contributed by atoms with Crippen LogP contribution in [0.15, 0.2) is 84.9 Å². The Morgan fingerprint density at radius 3 is 1.97 bits per heavy atom. The van der Waals surface area contributed by atoms with E-state index in [1.165, 1.54) is 0 Å². The fraction of sp³-hybridized carbons (Fsp3) is 0.276. The zero-order valence-corrected chi connectivity index (χ0v) is 20.3. The van der Waals surface area contributed by atoms with E-state index in [1.807, 2.05) is 48.5 Å². The Morgan fingerprint density at radius 1 is 0.694 bits per heavy atom. The fourth-order valence-corrected chi connectivity index (χ4v) is 4.01. The quantitative estimate of drug-likeness (QED) is 0.218. The standard InChI is InChI=1S/C29H33N3O4/c33-27(32-36)20-26(29(35)31-21-28(34)30-19-18-22-8-3-1-4-9-22)13-7-10-23-14-16-25(17-15-23)24-11-5-2-6-12-24/h1-6,8-9,11-12,14-17,26,36H,7,10,13,18-21H2,(H,30,34)(H,31,35)(H,32,33). The smallest absolute Gasteiger partial charge is 0.244 e. The van der Waals surface area contributed by atoms with Crippen molar-refractivity contribution in [2.75, 3.05) is 13.1 Å². The summed E-state index contributed by atoms with van der Waals surface area (Å²) >= 11 is 0. The first kappa shape index (κ1) is 26.6. The van der Waals surface area contributed by atoms with Crippen molar-refractivity contribution in [2.45, 2.75) is 32.1 Å². The Bertz CT molecular complexity index is 1100. The Morgan fingerprint density at radius 2 is 1.31 bits per heavy atom. The van der Waals surface area contributed by atoms with Crippen LogP contribution in [0.3, 0.4) is 0 Å². The van der Waals surface area contributed by atoms with Crippen molar-refractivity contribution < 1.29 is 19.6 Å². The number of nitrogens with one attached hydrogen (secondary N) is 3. The molecule has 0 aliphatic rings. The van der Waals surface area contributed by atoms with Crippen LogP contribution in [0.25, 0.3) is 11.1 Å². The average Bonchev–Trinajstić information content (AvgIpc) is 2.92. The third kappa shape index (κ3) is 9.00. The highest BCUT2D eigenvalue weighted by Crippen LogP contribution is 2.21. The van der Waals surface area contributed by atoms with Crippen LogP contribution in [0, 0.1) is 5.92 Å². The molecule has 3 rings (SSSR count). The molecule has 0 saturated carbocycles. The van der Waals surface area contributed by atoms with Gasteiger partial charge in [-0.2, -0.15) is 0 Å². The summed E-state index contributed by atoms with van der Waals surface area (Å²) in [5, 5.41) is 14.3. The van der Waals surface area contributed by atoms with Crippen molar-refractivity contribution in [2.24, 2.45) is 5.92 Å². The van der Waals surface area contributed by atoms with Crippen molar-refractivity contribution in [3.63, 3.8) is 0 Å². The third-order valence-electron chi connectivity index (χ3n) is 6.01. The van der Waals surface area contributed by atoms with Gasteiger partial charge in [0, 0.05) is 18.9 Å². The van der Waals surface area contributed by atoms with E-state index in [9.17, 15) is 14.4 Å². The minimum absolute atomic E-state index is 0.148. The molecule has 7 heteroatoms. The summed E-state index contributed by atoms with van der Waals surface area (Å²) in [4.78, 5) is 36.5. The van der Waals surface area contributed by atoms with Crippen LogP contribution in [0.1, 0.15) is 30.4 Å². The lowest BCUT2D eigenvalue weighted by Crippen LogP contribution is -2.41. The van der Waals surface area contributed by atoms with Gasteiger partial charge in [-0.1, -0.05) is 84.9 Å². The van der Waals surface area contributed by atoms with Crippen LogP contribution in [0.2, 0.25) is 0 Å². The first-order valence-electron chi connectivity index (χ1n) is 12.2. The van der Waals surface area contributed by atoms with Gasteiger partial charge in [-0.3, -0.25) is 19.6 Å². The summed E-state index contributed by atoms with van der Waals surface area (Å²) in [5.41, 5.74) is 6.13. The number of benzene rings is 3. The van der Waals surface area contributed by atoms with Gasteiger partial charge in [0.25, 0.3) is 0 Å². The first-order valence-corrected chi connectivity index (χ1v) is 12.2. The van der Waals surface area contributed by atoms with E-state index in [-0.39, 0.29) is 24.8 Å². The highest BCUT2D eigenvalue weighted by molar-refractivity contribution is 5.88. The Balaban J connectivity index is 1.44. The van der Waals surface area contributed by atoms with Crippen molar-refractivity contribution in [1.82, 2.24) is 16.1 Å². The molecule has 0 fully saturated rings. The summed E-state index contributed by atoms with van der Waals surface area (Å²) in [6.07, 6.45) is 2.44. The molecule has 0 aliphatic carbocycles. The molecule has 0 aliphatic heterocycles. The minimum Gasteiger partial charge on any atom is -0.354 e. The summed E-state index contributed by atoms with van der Waals surface area (Å²) in [5.74, 6) is -1.94. The summed E-state index contributed by atoms with van der Waals surface area (Å²) in [6, 6.07) is 28.2. The molecular formula is C29H33N3O4. The zero-order chi connectivity index (χ0) is 25.6. The molecule has 0 spiro atoms. The lowest BCUT2D eigenvalue weighted by Gasteiger charge is -2.16. The molecule has 4 N–H and O–H groups in total. The van der Waals surface area contributed by atoms with Crippen LogP contribution in [0.4, 0.5) is 0 Å². The number of hydroxylamine groups is 1. The zero-order valence-electron chi connectivity index (χ0n) is 20.3. The van der Waals surface area contributed by atoms with Crippen molar-refractivity contribution >= 4 is 17.7 Å². The van der Waals surface area contributed by atoms with Gasteiger partial charge < -0.3 is 10.6 Å². The molecule has 1 unspecified atom stereocenters. The van der Waals surface area contributed by atoms with E-state index in [0.717, 1.165) is 28.7 Å². The number of hydrogen-bond acceptors (Lipinski definition) is 4. The van der Waals surface area contributed by atoms with Gasteiger partial charge in [0.15, 0.2) is 0 Å². The number of rotatable bonds is 13. The SMILES string of the molecule is O=C(CC(CCCc1ccc(-c2ccccc2)cc1)C(=O)NCC(=O)NCCc1ccccc1)NO. The molecule has 0 radical (unpaired) electrons. The molecule has 3 amide bonds. The van der Waals surface area contributed by atoms with Crippen molar-refractivity contribution in [1.29, 1.82) is 0 Å². The van der Waals surface area contributed by atoms with E-state index in [1.54, 1.807) is 5.48 Å². The van der Waals surface area contributed by atoms with Gasteiger partial charge in [-0.05, 0) is 47.9 Å². The molecule has 36 heavy (non-hydrogen) atoms. The molecule has 7 nitrogen and oxygen atoms in total. The molecule has 0 saturated heterocycles. The van der Waals surface area contributed by atoms with Gasteiger partial charge in [0.2, 0.25) is 17.7 Å². The molecule has 188 valence electrons. The maximum atomic E-state index is 12.7. The Labute approximate surface area is 211 Å². The highest BCUT2D eigenvalue weighted by Gasteiger charge is 2.22. The summed E-state index contributed by atoms with van der Waals surface area (Å²) in [7, 11) is 0. The largest absolute Gasteiger partial charge is 0.354 e. The van der Waals surface area contributed by atoms with Crippen LogP contribution >= 0.6 is 0 Å². The topological polar surface area (TPSA) is 108 Å². The molecular weight excluding hydrogens is 454 g/mol. The highest BCUT2D eigenvalue weighted by atomic mass is 16.5. The normalized spacial score (nSPS) is 11.4. The van der Waals surface area contributed by atoms with Gasteiger partial charge in [0.05, 0.1) is 6.54 Å². The van der Waals surface area contributed by atoms with Crippen LogP contribution in [-0.2, 0) is 27.2 Å².